The summed E-state index contributed by atoms with van der Waals surface area (Å²) in [4.78, 5) is 14.3. The van der Waals surface area contributed by atoms with Crippen molar-refractivity contribution in [2.24, 2.45) is 5.92 Å². The second-order valence-corrected chi connectivity index (χ2v) is 6.74. The molecule has 4 atom stereocenters. The largest absolute Gasteiger partial charge is 0.390 e. The molecule has 1 saturated heterocycles. The average molecular weight is 311 g/mol. The number of hydrogen-bond acceptors (Lipinski definition) is 5. The van der Waals surface area contributed by atoms with E-state index in [-0.39, 0.29) is 18.4 Å². The van der Waals surface area contributed by atoms with Crippen molar-refractivity contribution in [1.82, 2.24) is 4.90 Å². The number of aliphatic hydroxyl groups is 3. The Kier molecular flexibility index (Phi) is 4.82. The van der Waals surface area contributed by atoms with Crippen LogP contribution in [0.5, 0.6) is 0 Å². The number of piperidine rings is 1. The number of likely N-dealkylation sites (tertiary alicyclic amines) is 1. The zero-order valence-corrected chi connectivity index (χ0v) is 12.7. The highest BCUT2D eigenvalue weighted by Crippen LogP contribution is 2.30. The van der Waals surface area contributed by atoms with Crippen LogP contribution in [0.25, 0.3) is 0 Å². The minimum atomic E-state index is -1.22. The molecular formula is C16H25NO5. The first-order chi connectivity index (χ1) is 10.5. The zero-order valence-electron chi connectivity index (χ0n) is 12.7. The first-order valence-corrected chi connectivity index (χ1v) is 8.20. The molecule has 6 heteroatoms. The summed E-state index contributed by atoms with van der Waals surface area (Å²) in [6.45, 7) is 2.03. The number of carbonyl (C=O) groups excluding carboxylic acids is 1. The summed E-state index contributed by atoms with van der Waals surface area (Å²) < 4.78 is 5.88. The van der Waals surface area contributed by atoms with Gasteiger partial charge in [-0.2, -0.15) is 0 Å². The van der Waals surface area contributed by atoms with Crippen molar-refractivity contribution in [2.75, 3.05) is 19.7 Å². The molecule has 0 bridgehead atoms. The van der Waals surface area contributed by atoms with E-state index in [1.807, 2.05) is 0 Å². The van der Waals surface area contributed by atoms with Gasteiger partial charge in [0.1, 0.15) is 12.2 Å². The standard InChI is InChI=1S/C16H25NO5/c18-13-6-11(7-14(19)15(13)20)16(21)17-5-1-2-12(8-17)22-9-10-3-4-10/h6,10,12-15,18-20H,1-5,7-9H2/t12?,13-,14-,15-/m1/s1. The van der Waals surface area contributed by atoms with Crippen LogP contribution in [0.15, 0.2) is 11.6 Å². The molecule has 3 rings (SSSR count). The molecule has 3 aliphatic rings. The van der Waals surface area contributed by atoms with Crippen LogP contribution in [0.3, 0.4) is 0 Å². The minimum Gasteiger partial charge on any atom is -0.390 e. The van der Waals surface area contributed by atoms with Gasteiger partial charge in [0.25, 0.3) is 0 Å². The fourth-order valence-corrected chi connectivity index (χ4v) is 3.12. The summed E-state index contributed by atoms with van der Waals surface area (Å²) in [5, 5.41) is 28.9. The molecule has 124 valence electrons. The molecule has 1 heterocycles. The highest BCUT2D eigenvalue weighted by atomic mass is 16.5. The highest BCUT2D eigenvalue weighted by molar-refractivity contribution is 5.94. The molecule has 1 aliphatic heterocycles. The van der Waals surface area contributed by atoms with Crippen LogP contribution >= 0.6 is 0 Å². The van der Waals surface area contributed by atoms with Crippen LogP contribution in [0, 0.1) is 5.92 Å². The molecule has 3 N–H and O–H groups in total. The van der Waals surface area contributed by atoms with Gasteiger partial charge in [0.2, 0.25) is 5.91 Å². The summed E-state index contributed by atoms with van der Waals surface area (Å²) in [7, 11) is 0. The Morgan fingerprint density at radius 2 is 2.05 bits per heavy atom. The van der Waals surface area contributed by atoms with Gasteiger partial charge in [0.05, 0.1) is 12.2 Å². The quantitative estimate of drug-likeness (QED) is 0.670. The predicted molar refractivity (Wildman–Crippen MR) is 79.0 cm³/mol. The number of aliphatic hydroxyl groups excluding tert-OH is 3. The van der Waals surface area contributed by atoms with Gasteiger partial charge in [-0.3, -0.25) is 4.79 Å². The molecule has 0 radical (unpaired) electrons. The maximum atomic E-state index is 12.5. The molecule has 1 saturated carbocycles. The lowest BCUT2D eigenvalue weighted by Crippen LogP contribution is -2.47. The molecule has 2 fully saturated rings. The fourth-order valence-electron chi connectivity index (χ4n) is 3.12. The van der Waals surface area contributed by atoms with E-state index in [2.05, 4.69) is 0 Å². The Bertz CT molecular complexity index is 448. The SMILES string of the molecule is O=C(C1=C[C@@H](O)[C@@H](O)[C@H](O)C1)N1CCCC(OCC2CC2)C1. The summed E-state index contributed by atoms with van der Waals surface area (Å²) in [5.41, 5.74) is 0.383. The van der Waals surface area contributed by atoms with Crippen LogP contribution in [0.2, 0.25) is 0 Å². The monoisotopic (exact) mass is 311 g/mol. The molecule has 0 aromatic rings. The lowest BCUT2D eigenvalue weighted by atomic mass is 9.91. The second-order valence-electron chi connectivity index (χ2n) is 6.74. The molecule has 2 aliphatic carbocycles. The van der Waals surface area contributed by atoms with Gasteiger partial charge < -0.3 is 25.0 Å². The van der Waals surface area contributed by atoms with Gasteiger partial charge in [0.15, 0.2) is 0 Å². The Morgan fingerprint density at radius 3 is 2.73 bits per heavy atom. The van der Waals surface area contributed by atoms with Crippen molar-refractivity contribution in [3.63, 3.8) is 0 Å². The van der Waals surface area contributed by atoms with E-state index in [0.717, 1.165) is 19.4 Å². The molecule has 6 nitrogen and oxygen atoms in total. The minimum absolute atomic E-state index is 0.0845. The lowest BCUT2D eigenvalue weighted by molar-refractivity contribution is -0.132. The van der Waals surface area contributed by atoms with E-state index in [4.69, 9.17) is 4.74 Å². The second kappa shape index (κ2) is 6.66. The Hall–Kier alpha value is -0.950. The number of rotatable bonds is 4. The van der Waals surface area contributed by atoms with E-state index in [9.17, 15) is 20.1 Å². The Balaban J connectivity index is 1.57. The summed E-state index contributed by atoms with van der Waals surface area (Å²) >= 11 is 0. The third-order valence-electron chi connectivity index (χ3n) is 4.75. The van der Waals surface area contributed by atoms with E-state index >= 15 is 0 Å². The number of ether oxygens (including phenoxy) is 1. The van der Waals surface area contributed by atoms with Crippen molar-refractivity contribution in [2.45, 2.75) is 56.5 Å². The van der Waals surface area contributed by atoms with Crippen molar-refractivity contribution < 1.29 is 24.9 Å². The maximum absolute atomic E-state index is 12.5. The molecule has 0 aromatic carbocycles. The van der Waals surface area contributed by atoms with Gasteiger partial charge in [-0.25, -0.2) is 0 Å². The summed E-state index contributed by atoms with van der Waals surface area (Å²) in [6.07, 6.45) is 2.42. The topological polar surface area (TPSA) is 90.2 Å². The van der Waals surface area contributed by atoms with Crippen molar-refractivity contribution in [3.05, 3.63) is 11.6 Å². The molecule has 22 heavy (non-hydrogen) atoms. The van der Waals surface area contributed by atoms with E-state index < -0.39 is 18.3 Å². The predicted octanol–water partition coefficient (Wildman–Crippen LogP) is -0.183. The number of hydrogen-bond donors (Lipinski definition) is 3. The van der Waals surface area contributed by atoms with E-state index in [1.54, 1.807) is 4.90 Å². The molecule has 1 amide bonds. The Morgan fingerprint density at radius 1 is 1.27 bits per heavy atom. The molecule has 1 unspecified atom stereocenters. The summed E-state index contributed by atoms with van der Waals surface area (Å²) in [6, 6.07) is 0. The smallest absolute Gasteiger partial charge is 0.249 e. The van der Waals surface area contributed by atoms with Gasteiger partial charge in [-0.15, -0.1) is 0 Å². The number of nitrogens with zero attached hydrogens (tertiary/aromatic N) is 1. The molecular weight excluding hydrogens is 286 g/mol. The zero-order chi connectivity index (χ0) is 15.7. The van der Waals surface area contributed by atoms with Gasteiger partial charge in [0, 0.05) is 31.7 Å². The number of carbonyl (C=O) groups is 1. The molecule has 0 spiro atoms. The van der Waals surface area contributed by atoms with Crippen molar-refractivity contribution >= 4 is 5.91 Å². The van der Waals surface area contributed by atoms with Crippen molar-refractivity contribution in [1.29, 1.82) is 0 Å². The van der Waals surface area contributed by atoms with Crippen LogP contribution < -0.4 is 0 Å². The van der Waals surface area contributed by atoms with Crippen LogP contribution in [0.1, 0.15) is 32.1 Å². The van der Waals surface area contributed by atoms with Gasteiger partial charge >= 0.3 is 0 Å². The fraction of sp³-hybridized carbons (Fsp3) is 0.812. The van der Waals surface area contributed by atoms with E-state index in [0.29, 0.717) is 24.6 Å². The van der Waals surface area contributed by atoms with E-state index in [1.165, 1.54) is 18.9 Å². The van der Waals surface area contributed by atoms with Crippen molar-refractivity contribution in [3.8, 4) is 0 Å². The first kappa shape index (κ1) is 15.9. The van der Waals surface area contributed by atoms with Crippen LogP contribution in [0.4, 0.5) is 0 Å². The normalized spacial score (nSPS) is 36.1. The van der Waals surface area contributed by atoms with Crippen LogP contribution in [-0.2, 0) is 9.53 Å². The first-order valence-electron chi connectivity index (χ1n) is 8.20. The maximum Gasteiger partial charge on any atom is 0.249 e. The lowest BCUT2D eigenvalue weighted by Gasteiger charge is -2.35. The third-order valence-corrected chi connectivity index (χ3v) is 4.75. The van der Waals surface area contributed by atoms with Gasteiger partial charge in [-0.05, 0) is 37.7 Å². The third kappa shape index (κ3) is 3.68. The summed E-state index contributed by atoms with van der Waals surface area (Å²) in [5.74, 6) is 0.545. The number of amides is 1. The van der Waals surface area contributed by atoms with Crippen LogP contribution in [-0.4, -0.2) is 70.2 Å². The van der Waals surface area contributed by atoms with Gasteiger partial charge in [-0.1, -0.05) is 0 Å². The molecule has 0 aromatic heterocycles. The highest BCUT2D eigenvalue weighted by Gasteiger charge is 2.34. The average Bonchev–Trinajstić information content (AvgIpc) is 3.34. The Labute approximate surface area is 130 Å².